The fraction of sp³-hybridized carbons (Fsp3) is 0.542. The summed E-state index contributed by atoms with van der Waals surface area (Å²) in [6.45, 7) is 10.1. The second kappa shape index (κ2) is 27.2. The Bertz CT molecular complexity index is 2120. The van der Waals surface area contributed by atoms with Crippen molar-refractivity contribution in [1.82, 2.24) is 36.8 Å². The van der Waals surface area contributed by atoms with Crippen LogP contribution in [0.25, 0.3) is 0 Å². The Morgan fingerprint density at radius 1 is 0.536 bits per heavy atom. The molecule has 1 heterocycles. The van der Waals surface area contributed by atoms with Crippen LogP contribution in [0.15, 0.2) is 60.7 Å². The predicted octanol–water partition coefficient (Wildman–Crippen LogP) is 0.481. The Morgan fingerprint density at radius 2 is 0.928 bits per heavy atom. The quantitative estimate of drug-likeness (QED) is 0.0583. The van der Waals surface area contributed by atoms with Crippen molar-refractivity contribution in [3.05, 3.63) is 71.8 Å². The maximum atomic E-state index is 14.4. The van der Waals surface area contributed by atoms with E-state index in [1.165, 1.54) is 4.90 Å². The summed E-state index contributed by atoms with van der Waals surface area (Å²) in [4.78, 5) is 133. The van der Waals surface area contributed by atoms with Crippen LogP contribution in [0.5, 0.6) is 0 Å². The molecule has 1 aliphatic heterocycles. The molecule has 0 aliphatic carbocycles. The van der Waals surface area contributed by atoms with E-state index < -0.39 is 138 Å². The topological polar surface area (TPSA) is 333 Å². The van der Waals surface area contributed by atoms with Crippen LogP contribution in [-0.4, -0.2) is 134 Å². The summed E-state index contributed by atoms with van der Waals surface area (Å²) in [6, 6.07) is 6.76. The molecule has 3 rings (SSSR count). The van der Waals surface area contributed by atoms with Crippen LogP contribution in [0.4, 0.5) is 0 Å². The Labute approximate surface area is 401 Å². The molecule has 21 heteroatoms. The number of aliphatic carboxylic acids is 3. The van der Waals surface area contributed by atoms with Crippen molar-refractivity contribution < 1.29 is 63.3 Å². The molecule has 8 atom stereocenters. The molecule has 0 unspecified atom stereocenters. The summed E-state index contributed by atoms with van der Waals surface area (Å²) in [5.41, 5.74) is 7.09. The lowest BCUT2D eigenvalue weighted by Crippen LogP contribution is -2.61. The van der Waals surface area contributed by atoms with Gasteiger partial charge in [-0.25, -0.2) is 4.79 Å². The van der Waals surface area contributed by atoms with Gasteiger partial charge in [0.1, 0.15) is 42.3 Å². The molecular formula is C48H68N8O13. The fourth-order valence-electron chi connectivity index (χ4n) is 7.68. The standard InChI is InChI=1S/C48H68N8O13/c1-26(2)38(53-41(61)31(49)19-21-36(57)58)45(65)52-34(25-30-16-11-8-12-17-30)44(64)51-33(24-29-14-9-7-10-15-29)43(63)50-32(20-22-37(59)60)42(62)54-39(27(3)4)46(66)55-40(28(5)6)47(67)56-23-13-18-35(56)48(68)69/h7-12,14-17,26-28,31-35,38-40H,13,18-25,49H2,1-6H3,(H,50,63)(H,51,64)(H,52,65)(H,53,61)(H,54,62)(H,55,66)(H,57,58)(H,59,60)(H,68,69)/t31-,32-,33-,34-,35-,38-,39-,40-/m0/s1. The van der Waals surface area contributed by atoms with E-state index in [0.717, 1.165) is 0 Å². The Hall–Kier alpha value is -6.90. The van der Waals surface area contributed by atoms with Crippen molar-refractivity contribution in [3.8, 4) is 0 Å². The first-order valence-electron chi connectivity index (χ1n) is 23.1. The number of amides is 7. The van der Waals surface area contributed by atoms with Crippen molar-refractivity contribution in [1.29, 1.82) is 0 Å². The highest BCUT2D eigenvalue weighted by atomic mass is 16.4. The van der Waals surface area contributed by atoms with E-state index in [1.807, 2.05) is 0 Å². The summed E-state index contributed by atoms with van der Waals surface area (Å²) in [5, 5.41) is 44.1. The van der Waals surface area contributed by atoms with Crippen LogP contribution in [0.2, 0.25) is 0 Å². The number of benzene rings is 2. The smallest absolute Gasteiger partial charge is 0.326 e. The Balaban J connectivity index is 1.92. The summed E-state index contributed by atoms with van der Waals surface area (Å²) in [6.07, 6.45) is -1.13. The van der Waals surface area contributed by atoms with Crippen LogP contribution >= 0.6 is 0 Å². The largest absolute Gasteiger partial charge is 0.481 e. The average molecular weight is 965 g/mol. The number of carbonyl (C=O) groups excluding carboxylic acids is 7. The molecule has 0 spiro atoms. The van der Waals surface area contributed by atoms with Crippen LogP contribution in [0.3, 0.4) is 0 Å². The minimum atomic E-state index is -1.57. The van der Waals surface area contributed by atoms with Gasteiger partial charge in [0.15, 0.2) is 0 Å². The van der Waals surface area contributed by atoms with Gasteiger partial charge in [0, 0.05) is 32.2 Å². The van der Waals surface area contributed by atoms with E-state index >= 15 is 0 Å². The fourth-order valence-corrected chi connectivity index (χ4v) is 7.68. The zero-order valence-electron chi connectivity index (χ0n) is 39.9. The number of hydrogen-bond acceptors (Lipinski definition) is 11. The van der Waals surface area contributed by atoms with Gasteiger partial charge < -0.3 is 57.9 Å². The molecule has 2 aromatic carbocycles. The molecule has 1 aliphatic rings. The lowest BCUT2D eigenvalue weighted by Gasteiger charge is -2.32. The average Bonchev–Trinajstić information content (AvgIpc) is 3.80. The highest BCUT2D eigenvalue weighted by Crippen LogP contribution is 2.21. The van der Waals surface area contributed by atoms with Crippen LogP contribution in [0, 0.1) is 17.8 Å². The van der Waals surface area contributed by atoms with Crippen LogP contribution in [-0.2, 0) is 60.8 Å². The van der Waals surface area contributed by atoms with Gasteiger partial charge in [-0.05, 0) is 54.6 Å². The van der Waals surface area contributed by atoms with Crippen molar-refractivity contribution in [2.24, 2.45) is 23.5 Å². The van der Waals surface area contributed by atoms with Gasteiger partial charge >= 0.3 is 17.9 Å². The second-order valence-electron chi connectivity index (χ2n) is 18.3. The van der Waals surface area contributed by atoms with E-state index in [0.29, 0.717) is 17.5 Å². The van der Waals surface area contributed by atoms with E-state index in [2.05, 4.69) is 31.9 Å². The first-order chi connectivity index (χ1) is 32.5. The monoisotopic (exact) mass is 964 g/mol. The number of nitrogens with two attached hydrogens (primary N) is 1. The van der Waals surface area contributed by atoms with Gasteiger partial charge in [0.05, 0.1) is 6.04 Å². The van der Waals surface area contributed by atoms with Gasteiger partial charge in [-0.3, -0.25) is 43.2 Å². The SMILES string of the molecule is CC(C)[C@H](NC(=O)[C@H](CCC(=O)O)NC(=O)[C@H](Cc1ccccc1)NC(=O)[C@H](Cc1ccccc1)NC(=O)[C@@H](NC(=O)[C@@H](N)CCC(=O)O)C(C)C)C(=O)N[C@H](C(=O)N1CCC[C@H]1C(=O)O)C(C)C. The first kappa shape index (κ1) is 56.4. The van der Waals surface area contributed by atoms with Gasteiger partial charge in [-0.15, -0.1) is 0 Å². The van der Waals surface area contributed by atoms with Gasteiger partial charge in [-0.1, -0.05) is 102 Å². The van der Waals surface area contributed by atoms with Crippen LogP contribution < -0.4 is 37.6 Å². The number of nitrogens with one attached hydrogen (secondary N) is 6. The number of rotatable bonds is 27. The first-order valence-corrected chi connectivity index (χ1v) is 23.1. The highest BCUT2D eigenvalue weighted by molar-refractivity contribution is 5.98. The summed E-state index contributed by atoms with van der Waals surface area (Å²) in [7, 11) is 0. The molecule has 2 aromatic rings. The third-order valence-corrected chi connectivity index (χ3v) is 11.7. The van der Waals surface area contributed by atoms with E-state index in [4.69, 9.17) is 10.8 Å². The third-order valence-electron chi connectivity index (χ3n) is 11.7. The number of likely N-dealkylation sites (tertiary alicyclic amines) is 1. The molecule has 1 fully saturated rings. The zero-order chi connectivity index (χ0) is 51.5. The molecule has 1 saturated heterocycles. The second-order valence-corrected chi connectivity index (χ2v) is 18.3. The molecule has 0 radical (unpaired) electrons. The minimum Gasteiger partial charge on any atom is -0.481 e. The van der Waals surface area contributed by atoms with Gasteiger partial charge in [0.2, 0.25) is 41.4 Å². The predicted molar refractivity (Wildman–Crippen MR) is 250 cm³/mol. The van der Waals surface area contributed by atoms with E-state index in [-0.39, 0.29) is 38.6 Å². The Kier molecular flexibility index (Phi) is 22.2. The lowest BCUT2D eigenvalue weighted by atomic mass is 9.98. The maximum Gasteiger partial charge on any atom is 0.326 e. The molecule has 0 saturated carbocycles. The van der Waals surface area contributed by atoms with Gasteiger partial charge in [-0.2, -0.15) is 0 Å². The Morgan fingerprint density at radius 3 is 1.38 bits per heavy atom. The number of carboxylic acids is 3. The molecule has 378 valence electrons. The van der Waals surface area contributed by atoms with Crippen molar-refractivity contribution in [3.63, 3.8) is 0 Å². The molecule has 11 N–H and O–H groups in total. The van der Waals surface area contributed by atoms with Crippen molar-refractivity contribution in [2.75, 3.05) is 6.54 Å². The number of carboxylic acid groups (broad SMARTS) is 3. The highest BCUT2D eigenvalue weighted by Gasteiger charge is 2.40. The zero-order valence-corrected chi connectivity index (χ0v) is 39.9. The number of hydrogen-bond donors (Lipinski definition) is 10. The lowest BCUT2D eigenvalue weighted by molar-refractivity contribution is -0.150. The van der Waals surface area contributed by atoms with Gasteiger partial charge in [0.25, 0.3) is 0 Å². The summed E-state index contributed by atoms with van der Waals surface area (Å²) >= 11 is 0. The number of carbonyl (C=O) groups is 10. The molecule has 0 aromatic heterocycles. The molecule has 7 amide bonds. The third kappa shape index (κ3) is 17.9. The van der Waals surface area contributed by atoms with E-state index in [1.54, 1.807) is 102 Å². The minimum absolute atomic E-state index is 0.0846. The maximum absolute atomic E-state index is 14.4. The number of nitrogens with zero attached hydrogens (tertiary/aromatic N) is 1. The summed E-state index contributed by atoms with van der Waals surface area (Å²) < 4.78 is 0. The van der Waals surface area contributed by atoms with Crippen molar-refractivity contribution in [2.45, 2.75) is 141 Å². The summed E-state index contributed by atoms with van der Waals surface area (Å²) in [5.74, 6) is -10.9. The van der Waals surface area contributed by atoms with Crippen LogP contribution in [0.1, 0.15) is 91.2 Å². The molecule has 21 nitrogen and oxygen atoms in total. The molecule has 69 heavy (non-hydrogen) atoms. The normalized spacial score (nSPS) is 16.5. The van der Waals surface area contributed by atoms with Crippen molar-refractivity contribution >= 4 is 59.3 Å². The molecular weight excluding hydrogens is 897 g/mol. The molecule has 0 bridgehead atoms. The van der Waals surface area contributed by atoms with E-state index in [9.17, 15) is 58.2 Å².